The van der Waals surface area contributed by atoms with Gasteiger partial charge in [-0.3, -0.25) is 14.8 Å². The summed E-state index contributed by atoms with van der Waals surface area (Å²) in [7, 11) is 0. The highest BCUT2D eigenvalue weighted by molar-refractivity contribution is 5.92. The number of ether oxygens (including phenoxy) is 2. The molecule has 2 aromatic heterocycles. The van der Waals surface area contributed by atoms with Gasteiger partial charge in [0.1, 0.15) is 35.4 Å². The molecule has 2 unspecified atom stereocenters. The third-order valence-electron chi connectivity index (χ3n) is 10.9. The Morgan fingerprint density at radius 2 is 1.71 bits per heavy atom. The van der Waals surface area contributed by atoms with E-state index in [1.165, 1.54) is 0 Å². The quantitative estimate of drug-likeness (QED) is 0.253. The first-order valence-electron chi connectivity index (χ1n) is 18.0. The highest BCUT2D eigenvalue weighted by atomic mass is 19.1. The van der Waals surface area contributed by atoms with Crippen LogP contribution in [0, 0.1) is 5.82 Å². The summed E-state index contributed by atoms with van der Waals surface area (Å²) in [6, 6.07) is 6.05. The van der Waals surface area contributed by atoms with Crippen molar-refractivity contribution in [1.82, 2.24) is 24.8 Å². The average Bonchev–Trinajstić information content (AvgIpc) is 3.65. The fraction of sp³-hybridized carbons (Fsp3) is 0.632. The van der Waals surface area contributed by atoms with E-state index in [-0.39, 0.29) is 53.8 Å². The van der Waals surface area contributed by atoms with Crippen molar-refractivity contribution < 1.29 is 23.0 Å². The second-order valence-electron chi connectivity index (χ2n) is 16.2. The standard InChI is InChI=1S/C38H50F2N6O3/c1-22(2)27-10-8-11-28(23(3)4)30(27)33-31(40)32-29(17-41-33)34(43-35(42-32)48-21-38-14-9-15-45(38)18-24(39)16-38)44-19-25-12-13-26(20-44)46(25)36(47)49-37(5,6)7/h8,10-11,17,22-26H,9,12-16,18-21H2,1-7H3/t24-,25?,26?,38+/m1/s1. The molecule has 9 nitrogen and oxygen atoms in total. The normalized spacial score (nSPS) is 25.6. The number of fused-ring (bicyclic) bond motifs is 4. The van der Waals surface area contributed by atoms with Gasteiger partial charge in [-0.1, -0.05) is 45.9 Å². The number of alkyl halides is 1. The summed E-state index contributed by atoms with van der Waals surface area (Å²) in [5.41, 5.74) is 2.28. The van der Waals surface area contributed by atoms with E-state index in [9.17, 15) is 9.18 Å². The summed E-state index contributed by atoms with van der Waals surface area (Å²) in [5, 5.41) is 0.497. The molecule has 4 aliphatic rings. The van der Waals surface area contributed by atoms with Gasteiger partial charge in [-0.15, -0.1) is 0 Å². The minimum Gasteiger partial charge on any atom is -0.461 e. The molecule has 0 N–H and O–H groups in total. The Balaban J connectivity index is 1.31. The van der Waals surface area contributed by atoms with Crippen molar-refractivity contribution in [2.24, 2.45) is 0 Å². The van der Waals surface area contributed by atoms with Crippen LogP contribution < -0.4 is 9.64 Å². The van der Waals surface area contributed by atoms with Crippen LogP contribution in [0.4, 0.5) is 19.4 Å². The summed E-state index contributed by atoms with van der Waals surface area (Å²) in [4.78, 5) is 33.8. The van der Waals surface area contributed by atoms with Gasteiger partial charge in [-0.2, -0.15) is 9.97 Å². The lowest BCUT2D eigenvalue weighted by Gasteiger charge is -2.42. The molecule has 6 heterocycles. The predicted octanol–water partition coefficient (Wildman–Crippen LogP) is 7.62. The summed E-state index contributed by atoms with van der Waals surface area (Å²) in [6.07, 6.45) is 4.43. The maximum Gasteiger partial charge on any atom is 0.410 e. The first-order chi connectivity index (χ1) is 23.2. The van der Waals surface area contributed by atoms with E-state index >= 15 is 4.39 Å². The average molecular weight is 677 g/mol. The number of rotatable bonds is 7. The maximum absolute atomic E-state index is 17.1. The number of pyridine rings is 1. The van der Waals surface area contributed by atoms with E-state index in [1.54, 1.807) is 6.20 Å². The molecule has 0 spiro atoms. The largest absolute Gasteiger partial charge is 0.461 e. The van der Waals surface area contributed by atoms with E-state index in [2.05, 4.69) is 37.5 Å². The summed E-state index contributed by atoms with van der Waals surface area (Å²) >= 11 is 0. The molecule has 4 atom stereocenters. The number of carbonyl (C=O) groups excluding carboxylic acids is 1. The number of aromatic nitrogens is 3. The zero-order valence-corrected chi connectivity index (χ0v) is 29.9. The Hall–Kier alpha value is -3.60. The van der Waals surface area contributed by atoms with Gasteiger partial charge in [0.15, 0.2) is 5.82 Å². The van der Waals surface area contributed by atoms with Gasteiger partial charge >= 0.3 is 12.1 Å². The number of anilines is 1. The number of halogens is 2. The molecular formula is C38H50F2N6O3. The molecule has 4 aliphatic heterocycles. The van der Waals surface area contributed by atoms with E-state index < -0.39 is 23.1 Å². The Morgan fingerprint density at radius 1 is 1.04 bits per heavy atom. The lowest BCUT2D eigenvalue weighted by Crippen LogP contribution is -2.57. The van der Waals surface area contributed by atoms with Crippen LogP contribution in [0.5, 0.6) is 6.01 Å². The Bertz CT molecular complexity index is 1700. The number of hydrogen-bond acceptors (Lipinski definition) is 8. The Kier molecular flexibility index (Phi) is 8.73. The molecule has 264 valence electrons. The SMILES string of the molecule is CC(C)c1cccc(C(C)C)c1-c1ncc2c(N3CC4CCC(C3)N4C(=O)OC(C)(C)C)nc(OC[C@@]34CCCN3C[C@H](F)C4)nc2c1F. The molecule has 49 heavy (non-hydrogen) atoms. The van der Waals surface area contributed by atoms with Gasteiger partial charge in [0.2, 0.25) is 0 Å². The summed E-state index contributed by atoms with van der Waals surface area (Å²) < 4.78 is 43.8. The van der Waals surface area contributed by atoms with Crippen molar-refractivity contribution >= 4 is 22.8 Å². The Morgan fingerprint density at radius 3 is 2.35 bits per heavy atom. The zero-order chi connectivity index (χ0) is 34.8. The van der Waals surface area contributed by atoms with Crippen molar-refractivity contribution in [1.29, 1.82) is 0 Å². The topological polar surface area (TPSA) is 83.9 Å². The predicted molar refractivity (Wildman–Crippen MR) is 187 cm³/mol. The molecule has 0 aliphatic carbocycles. The van der Waals surface area contributed by atoms with Crippen molar-refractivity contribution in [2.45, 2.75) is 122 Å². The number of hydrogen-bond donors (Lipinski definition) is 0. The van der Waals surface area contributed by atoms with Crippen molar-refractivity contribution in [3.05, 3.63) is 41.3 Å². The van der Waals surface area contributed by atoms with Gasteiger partial charge in [-0.25, -0.2) is 13.6 Å². The number of amides is 1. The van der Waals surface area contributed by atoms with Crippen LogP contribution >= 0.6 is 0 Å². The highest BCUT2D eigenvalue weighted by Crippen LogP contribution is 2.43. The van der Waals surface area contributed by atoms with Crippen LogP contribution in [0.3, 0.4) is 0 Å². The van der Waals surface area contributed by atoms with Crippen LogP contribution in [0.2, 0.25) is 0 Å². The lowest BCUT2D eigenvalue weighted by molar-refractivity contribution is 0.0122. The summed E-state index contributed by atoms with van der Waals surface area (Å²) in [6.45, 7) is 16.6. The number of benzene rings is 1. The van der Waals surface area contributed by atoms with Crippen LogP contribution in [0.15, 0.2) is 24.4 Å². The molecule has 0 saturated carbocycles. The van der Waals surface area contributed by atoms with Crippen molar-refractivity contribution in [3.63, 3.8) is 0 Å². The molecule has 4 saturated heterocycles. The van der Waals surface area contributed by atoms with Crippen LogP contribution in [-0.2, 0) is 4.74 Å². The molecule has 4 fully saturated rings. The molecule has 2 bridgehead atoms. The first kappa shape index (κ1) is 33.9. The molecule has 1 amide bonds. The van der Waals surface area contributed by atoms with Crippen LogP contribution in [-0.4, -0.2) is 93.0 Å². The van der Waals surface area contributed by atoms with E-state index in [4.69, 9.17) is 24.4 Å². The monoisotopic (exact) mass is 676 g/mol. The second kappa shape index (κ2) is 12.6. The molecule has 11 heteroatoms. The summed E-state index contributed by atoms with van der Waals surface area (Å²) in [5.74, 6) is 0.334. The third kappa shape index (κ3) is 6.21. The highest BCUT2D eigenvalue weighted by Gasteiger charge is 2.50. The first-order valence-corrected chi connectivity index (χ1v) is 18.0. The van der Waals surface area contributed by atoms with Gasteiger partial charge in [0.25, 0.3) is 0 Å². The molecule has 0 radical (unpaired) electrons. The van der Waals surface area contributed by atoms with E-state index in [1.807, 2.05) is 43.9 Å². The second-order valence-corrected chi connectivity index (χ2v) is 16.2. The van der Waals surface area contributed by atoms with Gasteiger partial charge < -0.3 is 14.4 Å². The Labute approximate surface area is 288 Å². The van der Waals surface area contributed by atoms with Crippen molar-refractivity contribution in [3.8, 4) is 17.3 Å². The minimum atomic E-state index is -0.893. The smallest absolute Gasteiger partial charge is 0.410 e. The van der Waals surface area contributed by atoms with Gasteiger partial charge in [0.05, 0.1) is 23.0 Å². The minimum absolute atomic E-state index is 0.0718. The van der Waals surface area contributed by atoms with Crippen molar-refractivity contribution in [2.75, 3.05) is 37.7 Å². The number of carbonyl (C=O) groups is 1. The number of nitrogens with zero attached hydrogens (tertiary/aromatic N) is 6. The number of piperazine rings is 1. The molecule has 7 rings (SSSR count). The van der Waals surface area contributed by atoms with Gasteiger partial charge in [0, 0.05) is 37.8 Å². The zero-order valence-electron chi connectivity index (χ0n) is 29.9. The van der Waals surface area contributed by atoms with E-state index in [0.29, 0.717) is 37.3 Å². The van der Waals surface area contributed by atoms with Crippen LogP contribution in [0.25, 0.3) is 22.2 Å². The third-order valence-corrected chi connectivity index (χ3v) is 10.9. The van der Waals surface area contributed by atoms with Gasteiger partial charge in [-0.05, 0) is 76.0 Å². The molecule has 1 aromatic carbocycles. The fourth-order valence-electron chi connectivity index (χ4n) is 8.66. The maximum atomic E-state index is 17.1. The van der Waals surface area contributed by atoms with E-state index in [0.717, 1.165) is 48.9 Å². The molecule has 3 aromatic rings. The molecular weight excluding hydrogens is 626 g/mol. The lowest BCUT2D eigenvalue weighted by atomic mass is 9.86. The fourth-order valence-corrected chi connectivity index (χ4v) is 8.66. The van der Waals surface area contributed by atoms with Crippen LogP contribution in [0.1, 0.15) is 104 Å².